The fourth-order valence-electron chi connectivity index (χ4n) is 3.95. The number of hydrogen-bond donors (Lipinski definition) is 2. The largest absolute Gasteiger partial charge is 0.369 e. The molecular weight excluding hydrogens is 412 g/mol. The van der Waals surface area contributed by atoms with E-state index in [4.69, 9.17) is 0 Å². The van der Waals surface area contributed by atoms with E-state index in [9.17, 15) is 9.59 Å². The van der Waals surface area contributed by atoms with Crippen LogP contribution in [-0.2, 0) is 11.3 Å². The standard InChI is InChI=1S/C27H30N4O2/c1-21(28-27(33)23-10-6-3-7-11-23)26(32)29-24-12-14-25(15-13-24)31-18-16-30(17-19-31)20-22-8-4-2-5-9-22/h2-15,21H,16-20H2,1H3,(H,28,33)(H,29,32)/t21-/m0/s1. The molecular formula is C27H30N4O2. The van der Waals surface area contributed by atoms with Gasteiger partial charge in [-0.25, -0.2) is 0 Å². The molecule has 170 valence electrons. The molecule has 3 aromatic carbocycles. The van der Waals surface area contributed by atoms with Crippen LogP contribution in [0.4, 0.5) is 11.4 Å². The van der Waals surface area contributed by atoms with Crippen LogP contribution in [0.15, 0.2) is 84.9 Å². The summed E-state index contributed by atoms with van der Waals surface area (Å²) in [5.74, 6) is -0.512. The van der Waals surface area contributed by atoms with Gasteiger partial charge in [0.25, 0.3) is 5.91 Å². The Morgan fingerprint density at radius 2 is 1.42 bits per heavy atom. The highest BCUT2D eigenvalue weighted by Crippen LogP contribution is 2.20. The zero-order chi connectivity index (χ0) is 23.0. The molecule has 33 heavy (non-hydrogen) atoms. The Labute approximate surface area is 195 Å². The molecule has 3 aromatic rings. The van der Waals surface area contributed by atoms with Gasteiger partial charge in [-0.3, -0.25) is 14.5 Å². The summed E-state index contributed by atoms with van der Waals surface area (Å²) < 4.78 is 0. The van der Waals surface area contributed by atoms with Crippen LogP contribution in [0.5, 0.6) is 0 Å². The van der Waals surface area contributed by atoms with E-state index in [1.807, 2.05) is 30.3 Å². The van der Waals surface area contributed by atoms with Crippen LogP contribution in [0.1, 0.15) is 22.8 Å². The van der Waals surface area contributed by atoms with Gasteiger partial charge in [-0.05, 0) is 48.9 Å². The highest BCUT2D eigenvalue weighted by Gasteiger charge is 2.19. The second kappa shape index (κ2) is 10.8. The quantitative estimate of drug-likeness (QED) is 0.585. The van der Waals surface area contributed by atoms with Crippen LogP contribution in [0.25, 0.3) is 0 Å². The summed E-state index contributed by atoms with van der Waals surface area (Å²) in [5.41, 5.74) is 3.75. The fraction of sp³-hybridized carbons (Fsp3) is 0.259. The number of benzene rings is 3. The number of carbonyl (C=O) groups excluding carboxylic acids is 2. The summed E-state index contributed by atoms with van der Waals surface area (Å²) in [6.45, 7) is 6.65. The molecule has 0 radical (unpaired) electrons. The molecule has 0 bridgehead atoms. The van der Waals surface area contributed by atoms with Gasteiger partial charge in [0.15, 0.2) is 0 Å². The van der Waals surface area contributed by atoms with E-state index < -0.39 is 6.04 Å². The molecule has 0 aromatic heterocycles. The van der Waals surface area contributed by atoms with E-state index in [2.05, 4.69) is 50.8 Å². The monoisotopic (exact) mass is 442 g/mol. The van der Waals surface area contributed by atoms with Crippen LogP contribution in [0.2, 0.25) is 0 Å². The number of piperazine rings is 1. The molecule has 1 aliphatic heterocycles. The highest BCUT2D eigenvalue weighted by molar-refractivity contribution is 6.01. The van der Waals surface area contributed by atoms with E-state index in [1.165, 1.54) is 5.56 Å². The van der Waals surface area contributed by atoms with Crippen molar-refractivity contribution in [2.45, 2.75) is 19.5 Å². The normalized spacial score (nSPS) is 15.0. The third-order valence-corrected chi connectivity index (χ3v) is 5.90. The molecule has 1 heterocycles. The minimum Gasteiger partial charge on any atom is -0.369 e. The fourth-order valence-corrected chi connectivity index (χ4v) is 3.95. The van der Waals surface area contributed by atoms with Crippen molar-refractivity contribution in [3.05, 3.63) is 96.1 Å². The number of nitrogens with zero attached hydrogens (tertiary/aromatic N) is 2. The van der Waals surface area contributed by atoms with Crippen molar-refractivity contribution in [1.29, 1.82) is 0 Å². The lowest BCUT2D eigenvalue weighted by Crippen LogP contribution is -2.45. The van der Waals surface area contributed by atoms with E-state index in [0.717, 1.165) is 38.4 Å². The Balaban J connectivity index is 1.25. The van der Waals surface area contributed by atoms with Crippen molar-refractivity contribution < 1.29 is 9.59 Å². The van der Waals surface area contributed by atoms with Crippen LogP contribution in [-0.4, -0.2) is 48.9 Å². The zero-order valence-corrected chi connectivity index (χ0v) is 18.9. The van der Waals surface area contributed by atoms with Gasteiger partial charge in [0, 0.05) is 49.7 Å². The first kappa shape index (κ1) is 22.6. The van der Waals surface area contributed by atoms with Gasteiger partial charge in [0.1, 0.15) is 6.04 Å². The third kappa shape index (κ3) is 6.20. The number of rotatable bonds is 7. The maximum absolute atomic E-state index is 12.5. The summed E-state index contributed by atoms with van der Waals surface area (Å²) in [7, 11) is 0. The maximum Gasteiger partial charge on any atom is 0.251 e. The van der Waals surface area contributed by atoms with E-state index in [1.54, 1.807) is 31.2 Å². The Bertz CT molecular complexity index is 1050. The minimum atomic E-state index is -0.643. The topological polar surface area (TPSA) is 64.7 Å². The van der Waals surface area contributed by atoms with Crippen LogP contribution in [0, 0.1) is 0 Å². The molecule has 6 heteroatoms. The first-order valence-electron chi connectivity index (χ1n) is 11.4. The molecule has 0 spiro atoms. The Morgan fingerprint density at radius 1 is 0.818 bits per heavy atom. The molecule has 1 saturated heterocycles. The van der Waals surface area contributed by atoms with Gasteiger partial charge in [0.2, 0.25) is 5.91 Å². The number of nitrogens with one attached hydrogen (secondary N) is 2. The van der Waals surface area contributed by atoms with Crippen molar-refractivity contribution in [1.82, 2.24) is 10.2 Å². The Kier molecular flexibility index (Phi) is 7.37. The molecule has 2 amide bonds. The van der Waals surface area contributed by atoms with Crippen molar-refractivity contribution in [2.24, 2.45) is 0 Å². The zero-order valence-electron chi connectivity index (χ0n) is 18.9. The van der Waals surface area contributed by atoms with Gasteiger partial charge in [-0.1, -0.05) is 48.5 Å². The Hall–Kier alpha value is -3.64. The average molecular weight is 443 g/mol. The number of amides is 2. The predicted octanol–water partition coefficient (Wildman–Crippen LogP) is 3.77. The molecule has 2 N–H and O–H groups in total. The van der Waals surface area contributed by atoms with Crippen molar-refractivity contribution >= 4 is 23.2 Å². The maximum atomic E-state index is 12.5. The summed E-state index contributed by atoms with van der Waals surface area (Å²) in [4.78, 5) is 29.6. The van der Waals surface area contributed by atoms with Crippen LogP contribution < -0.4 is 15.5 Å². The lowest BCUT2D eigenvalue weighted by molar-refractivity contribution is -0.117. The second-order valence-electron chi connectivity index (χ2n) is 8.35. The summed E-state index contributed by atoms with van der Waals surface area (Å²) in [6.07, 6.45) is 0. The van der Waals surface area contributed by atoms with Crippen LogP contribution >= 0.6 is 0 Å². The predicted molar refractivity (Wildman–Crippen MR) is 132 cm³/mol. The summed E-state index contributed by atoms with van der Waals surface area (Å²) in [6, 6.07) is 26.7. The van der Waals surface area contributed by atoms with E-state index in [0.29, 0.717) is 11.3 Å². The van der Waals surface area contributed by atoms with Gasteiger partial charge in [0.05, 0.1) is 0 Å². The Morgan fingerprint density at radius 3 is 2.06 bits per heavy atom. The molecule has 0 unspecified atom stereocenters. The van der Waals surface area contributed by atoms with E-state index >= 15 is 0 Å². The minimum absolute atomic E-state index is 0.249. The van der Waals surface area contributed by atoms with Gasteiger partial charge in [-0.2, -0.15) is 0 Å². The molecule has 1 fully saturated rings. The molecule has 4 rings (SSSR count). The first-order valence-corrected chi connectivity index (χ1v) is 11.4. The smallest absolute Gasteiger partial charge is 0.251 e. The van der Waals surface area contributed by atoms with Crippen molar-refractivity contribution in [3.63, 3.8) is 0 Å². The first-order chi connectivity index (χ1) is 16.1. The SMILES string of the molecule is C[C@H](NC(=O)c1ccccc1)C(=O)Nc1ccc(N2CCN(Cc3ccccc3)CC2)cc1. The number of hydrogen-bond acceptors (Lipinski definition) is 4. The molecule has 0 aliphatic carbocycles. The van der Waals surface area contributed by atoms with Gasteiger partial charge >= 0.3 is 0 Å². The van der Waals surface area contributed by atoms with Crippen molar-refractivity contribution in [3.8, 4) is 0 Å². The third-order valence-electron chi connectivity index (χ3n) is 5.90. The van der Waals surface area contributed by atoms with Crippen LogP contribution in [0.3, 0.4) is 0 Å². The molecule has 1 aliphatic rings. The lowest BCUT2D eigenvalue weighted by Gasteiger charge is -2.36. The average Bonchev–Trinajstić information content (AvgIpc) is 2.86. The molecule has 0 saturated carbocycles. The number of anilines is 2. The molecule has 6 nitrogen and oxygen atoms in total. The second-order valence-corrected chi connectivity index (χ2v) is 8.35. The number of carbonyl (C=O) groups is 2. The van der Waals surface area contributed by atoms with Crippen molar-refractivity contribution in [2.75, 3.05) is 36.4 Å². The van der Waals surface area contributed by atoms with Gasteiger partial charge in [-0.15, -0.1) is 0 Å². The lowest BCUT2D eigenvalue weighted by atomic mass is 10.2. The van der Waals surface area contributed by atoms with E-state index in [-0.39, 0.29) is 11.8 Å². The van der Waals surface area contributed by atoms with Gasteiger partial charge < -0.3 is 15.5 Å². The molecule has 1 atom stereocenters. The summed E-state index contributed by atoms with van der Waals surface area (Å²) in [5, 5.41) is 5.62. The highest BCUT2D eigenvalue weighted by atomic mass is 16.2. The summed E-state index contributed by atoms with van der Waals surface area (Å²) >= 11 is 0.